The highest BCUT2D eigenvalue weighted by Crippen LogP contribution is 2.29. The quantitative estimate of drug-likeness (QED) is 0.830. The third-order valence-electron chi connectivity index (χ3n) is 4.08. The minimum atomic E-state index is -0.00852. The summed E-state index contributed by atoms with van der Waals surface area (Å²) >= 11 is 0. The molecular formula is C14H19N3O2. The van der Waals surface area contributed by atoms with Gasteiger partial charge in [0.2, 0.25) is 0 Å². The van der Waals surface area contributed by atoms with E-state index in [1.165, 1.54) is 6.42 Å². The average Bonchev–Trinajstić information content (AvgIpc) is 2.46. The van der Waals surface area contributed by atoms with Crippen LogP contribution in [0.25, 0.3) is 0 Å². The Labute approximate surface area is 112 Å². The van der Waals surface area contributed by atoms with Gasteiger partial charge >= 0.3 is 0 Å². The number of rotatable bonds is 1. The van der Waals surface area contributed by atoms with Crippen molar-refractivity contribution in [2.75, 3.05) is 18.9 Å². The predicted octanol–water partition coefficient (Wildman–Crippen LogP) is 1.45. The predicted molar refractivity (Wildman–Crippen MR) is 71.7 cm³/mol. The Balaban J connectivity index is 1.84. The van der Waals surface area contributed by atoms with Gasteiger partial charge in [-0.2, -0.15) is 0 Å². The van der Waals surface area contributed by atoms with E-state index in [0.29, 0.717) is 24.4 Å². The van der Waals surface area contributed by atoms with Crippen LogP contribution in [0.4, 0.5) is 5.69 Å². The van der Waals surface area contributed by atoms with Gasteiger partial charge in [0.25, 0.3) is 5.91 Å². The molecule has 1 aromatic rings. The maximum absolute atomic E-state index is 12.6. The molecule has 0 unspecified atom stereocenters. The van der Waals surface area contributed by atoms with E-state index in [2.05, 4.69) is 4.98 Å². The topological polar surface area (TPSA) is 68.5 Å². The van der Waals surface area contributed by atoms with Gasteiger partial charge in [-0.3, -0.25) is 9.78 Å². The van der Waals surface area contributed by atoms with Gasteiger partial charge in [0.15, 0.2) is 0 Å². The van der Waals surface area contributed by atoms with Crippen LogP contribution < -0.4 is 5.73 Å². The smallest absolute Gasteiger partial charge is 0.257 e. The number of hydrogen-bond acceptors (Lipinski definition) is 4. The fourth-order valence-corrected chi connectivity index (χ4v) is 3.09. The molecule has 1 saturated heterocycles. The van der Waals surface area contributed by atoms with Gasteiger partial charge in [0, 0.05) is 24.6 Å². The Morgan fingerprint density at radius 2 is 2.26 bits per heavy atom. The van der Waals surface area contributed by atoms with Crippen molar-refractivity contribution in [1.29, 1.82) is 0 Å². The molecule has 2 N–H and O–H groups in total. The number of carbonyl (C=O) groups is 1. The van der Waals surface area contributed by atoms with Gasteiger partial charge in [-0.15, -0.1) is 0 Å². The Hall–Kier alpha value is -1.62. The summed E-state index contributed by atoms with van der Waals surface area (Å²) in [5, 5.41) is 0. The van der Waals surface area contributed by atoms with Crippen molar-refractivity contribution < 1.29 is 9.53 Å². The van der Waals surface area contributed by atoms with E-state index in [-0.39, 0.29) is 18.1 Å². The van der Waals surface area contributed by atoms with Crippen LogP contribution in [0.3, 0.4) is 0 Å². The number of ether oxygens (including phenoxy) is 1. The summed E-state index contributed by atoms with van der Waals surface area (Å²) in [6.07, 6.45) is 7.80. The van der Waals surface area contributed by atoms with E-state index < -0.39 is 0 Å². The zero-order chi connectivity index (χ0) is 13.2. The normalized spacial score (nSPS) is 26.8. The molecule has 19 heavy (non-hydrogen) atoms. The number of morpholine rings is 1. The Kier molecular flexibility index (Phi) is 3.38. The summed E-state index contributed by atoms with van der Waals surface area (Å²) in [4.78, 5) is 18.6. The third-order valence-corrected chi connectivity index (χ3v) is 4.08. The highest BCUT2D eigenvalue weighted by molar-refractivity contribution is 5.99. The molecule has 0 aromatic carbocycles. The number of fused-ring (bicyclic) bond motifs is 1. The second kappa shape index (κ2) is 5.17. The lowest BCUT2D eigenvalue weighted by Gasteiger charge is -2.43. The zero-order valence-corrected chi connectivity index (χ0v) is 10.9. The zero-order valence-electron chi connectivity index (χ0n) is 10.9. The van der Waals surface area contributed by atoms with Crippen molar-refractivity contribution in [2.45, 2.75) is 37.8 Å². The van der Waals surface area contributed by atoms with Crippen molar-refractivity contribution >= 4 is 11.6 Å². The third kappa shape index (κ3) is 2.30. The lowest BCUT2D eigenvalue weighted by atomic mass is 9.89. The number of nitrogen functional groups attached to an aromatic ring is 1. The minimum absolute atomic E-state index is 0.00852. The van der Waals surface area contributed by atoms with Crippen LogP contribution in [-0.2, 0) is 4.74 Å². The van der Waals surface area contributed by atoms with Gasteiger partial charge in [0.05, 0.1) is 24.3 Å². The molecule has 2 aliphatic rings. The molecule has 2 fully saturated rings. The fourth-order valence-electron chi connectivity index (χ4n) is 3.09. The number of pyridine rings is 1. The number of hydrogen-bond donors (Lipinski definition) is 1. The summed E-state index contributed by atoms with van der Waals surface area (Å²) in [7, 11) is 0. The molecular weight excluding hydrogens is 242 g/mol. The van der Waals surface area contributed by atoms with Gasteiger partial charge < -0.3 is 15.4 Å². The second-order valence-corrected chi connectivity index (χ2v) is 5.22. The van der Waals surface area contributed by atoms with Crippen LogP contribution in [0.2, 0.25) is 0 Å². The highest BCUT2D eigenvalue weighted by Gasteiger charge is 2.37. The van der Waals surface area contributed by atoms with E-state index in [0.717, 1.165) is 19.3 Å². The number of carbonyl (C=O) groups excluding carboxylic acids is 1. The molecule has 0 bridgehead atoms. The molecule has 5 heteroatoms. The van der Waals surface area contributed by atoms with E-state index in [1.807, 2.05) is 4.90 Å². The number of nitrogens with two attached hydrogens (primary N) is 1. The van der Waals surface area contributed by atoms with Crippen LogP contribution in [0.5, 0.6) is 0 Å². The number of aromatic nitrogens is 1. The minimum Gasteiger partial charge on any atom is -0.398 e. The van der Waals surface area contributed by atoms with Gasteiger partial charge in [-0.1, -0.05) is 12.8 Å². The standard InChI is InChI=1S/C14H19N3O2/c15-11-5-6-16-9-10(11)14(18)17-7-8-19-13-4-2-1-3-12(13)17/h5-6,9,12-13H,1-4,7-8H2,(H2,15,16)/t12-,13+/m1/s1. The molecule has 0 spiro atoms. The van der Waals surface area contributed by atoms with Crippen molar-refractivity contribution in [3.8, 4) is 0 Å². The lowest BCUT2D eigenvalue weighted by Crippen LogP contribution is -2.54. The molecule has 1 aliphatic heterocycles. The Bertz CT molecular complexity index is 476. The van der Waals surface area contributed by atoms with Crippen LogP contribution in [0, 0.1) is 0 Å². The molecule has 5 nitrogen and oxygen atoms in total. The van der Waals surface area contributed by atoms with Crippen LogP contribution in [-0.4, -0.2) is 41.1 Å². The SMILES string of the molecule is Nc1ccncc1C(=O)N1CCO[C@H]2CCCC[C@H]21. The Morgan fingerprint density at radius 1 is 1.42 bits per heavy atom. The fraction of sp³-hybridized carbons (Fsp3) is 0.571. The molecule has 0 radical (unpaired) electrons. The first kappa shape index (κ1) is 12.4. The molecule has 3 rings (SSSR count). The van der Waals surface area contributed by atoms with Gasteiger partial charge in [0.1, 0.15) is 0 Å². The maximum atomic E-state index is 12.6. The summed E-state index contributed by atoms with van der Waals surface area (Å²) in [5.41, 5.74) is 6.88. The number of anilines is 1. The molecule has 102 valence electrons. The van der Waals surface area contributed by atoms with Crippen molar-refractivity contribution in [2.24, 2.45) is 0 Å². The van der Waals surface area contributed by atoms with Crippen LogP contribution >= 0.6 is 0 Å². The summed E-state index contributed by atoms with van der Waals surface area (Å²) in [5.74, 6) is -0.00852. The van der Waals surface area contributed by atoms with E-state index in [9.17, 15) is 4.79 Å². The van der Waals surface area contributed by atoms with Crippen molar-refractivity contribution in [1.82, 2.24) is 9.88 Å². The van der Waals surface area contributed by atoms with E-state index >= 15 is 0 Å². The number of nitrogens with zero attached hydrogens (tertiary/aromatic N) is 2. The number of amides is 1. The average molecular weight is 261 g/mol. The summed E-state index contributed by atoms with van der Waals surface area (Å²) in [6.45, 7) is 1.27. The van der Waals surface area contributed by atoms with Crippen molar-refractivity contribution in [3.05, 3.63) is 24.0 Å². The largest absolute Gasteiger partial charge is 0.398 e. The first-order valence-corrected chi connectivity index (χ1v) is 6.89. The lowest BCUT2D eigenvalue weighted by molar-refractivity contribution is -0.0752. The van der Waals surface area contributed by atoms with Gasteiger partial charge in [-0.25, -0.2) is 0 Å². The monoisotopic (exact) mass is 261 g/mol. The maximum Gasteiger partial charge on any atom is 0.257 e. The summed E-state index contributed by atoms with van der Waals surface area (Å²) < 4.78 is 5.79. The van der Waals surface area contributed by atoms with Gasteiger partial charge in [-0.05, 0) is 18.9 Å². The van der Waals surface area contributed by atoms with Crippen LogP contribution in [0.1, 0.15) is 36.0 Å². The van der Waals surface area contributed by atoms with E-state index in [1.54, 1.807) is 18.5 Å². The van der Waals surface area contributed by atoms with Crippen LogP contribution in [0.15, 0.2) is 18.5 Å². The molecule has 1 saturated carbocycles. The molecule has 2 heterocycles. The Morgan fingerprint density at radius 3 is 3.11 bits per heavy atom. The highest BCUT2D eigenvalue weighted by atomic mass is 16.5. The van der Waals surface area contributed by atoms with Crippen molar-refractivity contribution in [3.63, 3.8) is 0 Å². The summed E-state index contributed by atoms with van der Waals surface area (Å²) in [6, 6.07) is 1.88. The molecule has 2 atom stereocenters. The molecule has 1 aromatic heterocycles. The first-order chi connectivity index (χ1) is 9.27. The first-order valence-electron chi connectivity index (χ1n) is 6.89. The second-order valence-electron chi connectivity index (χ2n) is 5.22. The van der Waals surface area contributed by atoms with E-state index in [4.69, 9.17) is 10.5 Å². The molecule has 1 amide bonds. The molecule has 1 aliphatic carbocycles.